The summed E-state index contributed by atoms with van der Waals surface area (Å²) in [5.41, 5.74) is 6.28. The van der Waals surface area contributed by atoms with E-state index >= 15 is 0 Å². The number of allylic oxidation sites excluding steroid dienone is 1. The highest BCUT2D eigenvalue weighted by Crippen LogP contribution is 2.37. The van der Waals surface area contributed by atoms with Crippen molar-refractivity contribution in [2.45, 2.75) is 87.0 Å². The van der Waals surface area contributed by atoms with Gasteiger partial charge in [0.05, 0.1) is 18.6 Å². The van der Waals surface area contributed by atoms with E-state index in [9.17, 15) is 4.79 Å². The van der Waals surface area contributed by atoms with Crippen LogP contribution in [-0.2, 0) is 16.0 Å². The summed E-state index contributed by atoms with van der Waals surface area (Å²) in [5.74, 6) is 1.16. The van der Waals surface area contributed by atoms with Gasteiger partial charge in [0.2, 0.25) is 0 Å². The Morgan fingerprint density at radius 2 is 1.67 bits per heavy atom. The first-order chi connectivity index (χ1) is 17.0. The van der Waals surface area contributed by atoms with Crippen LogP contribution in [0.25, 0.3) is 11.6 Å². The minimum absolute atomic E-state index is 0.0814. The van der Waals surface area contributed by atoms with Crippen LogP contribution in [0.15, 0.2) is 42.5 Å². The van der Waals surface area contributed by atoms with Crippen molar-refractivity contribution in [3.8, 4) is 5.75 Å². The molecule has 2 aromatic rings. The molecule has 1 atom stereocenters. The normalized spacial score (nSPS) is 14.6. The molecule has 2 aromatic carbocycles. The van der Waals surface area contributed by atoms with Gasteiger partial charge in [0.15, 0.2) is 0 Å². The molecule has 3 rings (SSSR count). The Hall–Kier alpha value is -2.55. The Bertz CT molecular complexity index is 1050. The smallest absolute Gasteiger partial charge is 0.311 e. The fourth-order valence-electron chi connectivity index (χ4n) is 4.95. The molecule has 0 aromatic heterocycles. The van der Waals surface area contributed by atoms with E-state index in [2.05, 4.69) is 83.2 Å². The van der Waals surface area contributed by atoms with Crippen LogP contribution < -0.4 is 4.74 Å². The number of rotatable bonds is 11. The van der Waals surface area contributed by atoms with E-state index in [1.165, 1.54) is 27.8 Å². The number of hydrogen-bond donors (Lipinski definition) is 0. The standard InChI is InChI=1S/C33H46O3/c1-24-15-18-30(29(21-24)28-17-16-26-13-9-10-14-27(26)22-28)35-19-11-8-12-20-36-31(34)33(6,7)25(2)23-32(3,4)5/h9-10,13-15,18,21-22,25H,8,11-12,16-17,19-20,23H2,1-7H3. The zero-order valence-corrected chi connectivity index (χ0v) is 23.6. The topological polar surface area (TPSA) is 35.5 Å². The highest BCUT2D eigenvalue weighted by molar-refractivity contribution is 5.86. The first-order valence-corrected chi connectivity index (χ1v) is 13.7. The van der Waals surface area contributed by atoms with Crippen LogP contribution in [0.3, 0.4) is 0 Å². The number of ether oxygens (including phenoxy) is 2. The van der Waals surface area contributed by atoms with Gasteiger partial charge in [-0.2, -0.15) is 0 Å². The molecule has 0 spiro atoms. The molecule has 36 heavy (non-hydrogen) atoms. The third-order valence-corrected chi connectivity index (χ3v) is 7.49. The Morgan fingerprint density at radius 3 is 2.42 bits per heavy atom. The molecule has 0 fully saturated rings. The molecule has 1 unspecified atom stereocenters. The SMILES string of the molecule is Cc1ccc(OCCCCCOC(=O)C(C)(C)C(C)CC(C)(C)C)c(C2=Cc3ccccc3CC2)c1. The number of benzene rings is 2. The zero-order chi connectivity index (χ0) is 26.3. The van der Waals surface area contributed by atoms with Crippen molar-refractivity contribution in [2.24, 2.45) is 16.7 Å². The van der Waals surface area contributed by atoms with Crippen molar-refractivity contribution in [1.82, 2.24) is 0 Å². The van der Waals surface area contributed by atoms with Gasteiger partial charge in [0, 0.05) is 5.56 Å². The Kier molecular flexibility index (Phi) is 9.44. The molecule has 1 aliphatic carbocycles. The van der Waals surface area contributed by atoms with E-state index in [4.69, 9.17) is 9.47 Å². The summed E-state index contributed by atoms with van der Waals surface area (Å²) in [4.78, 5) is 12.7. The van der Waals surface area contributed by atoms with E-state index in [0.29, 0.717) is 13.2 Å². The van der Waals surface area contributed by atoms with Gasteiger partial charge in [-0.05, 0) is 99.5 Å². The van der Waals surface area contributed by atoms with Crippen LogP contribution in [-0.4, -0.2) is 19.2 Å². The Morgan fingerprint density at radius 1 is 0.944 bits per heavy atom. The Labute approximate surface area is 219 Å². The molecular formula is C33H46O3. The van der Waals surface area contributed by atoms with E-state index in [1.807, 2.05) is 13.8 Å². The number of hydrogen-bond acceptors (Lipinski definition) is 3. The molecule has 3 heteroatoms. The van der Waals surface area contributed by atoms with Crippen molar-refractivity contribution in [2.75, 3.05) is 13.2 Å². The van der Waals surface area contributed by atoms with Crippen LogP contribution in [0.5, 0.6) is 5.75 Å². The molecule has 0 N–H and O–H groups in total. The summed E-state index contributed by atoms with van der Waals surface area (Å²) in [5, 5.41) is 0. The highest BCUT2D eigenvalue weighted by Gasteiger charge is 2.37. The molecule has 0 saturated heterocycles. The van der Waals surface area contributed by atoms with Crippen molar-refractivity contribution in [3.63, 3.8) is 0 Å². The third kappa shape index (κ3) is 7.72. The average Bonchev–Trinajstić information content (AvgIpc) is 2.82. The molecular weight excluding hydrogens is 444 g/mol. The first-order valence-electron chi connectivity index (χ1n) is 13.7. The molecule has 0 heterocycles. The monoisotopic (exact) mass is 490 g/mol. The molecule has 0 bridgehead atoms. The highest BCUT2D eigenvalue weighted by atomic mass is 16.5. The lowest BCUT2D eigenvalue weighted by atomic mass is 9.72. The number of carbonyl (C=O) groups excluding carboxylic acids is 1. The van der Waals surface area contributed by atoms with Crippen LogP contribution in [0.4, 0.5) is 0 Å². The van der Waals surface area contributed by atoms with Crippen molar-refractivity contribution in [3.05, 3.63) is 64.7 Å². The first kappa shape index (κ1) is 28.0. The second-order valence-electron chi connectivity index (χ2n) is 12.3. The van der Waals surface area contributed by atoms with Gasteiger partial charge in [0.1, 0.15) is 5.75 Å². The molecule has 0 aliphatic heterocycles. The van der Waals surface area contributed by atoms with Gasteiger partial charge in [-0.15, -0.1) is 0 Å². The second kappa shape index (κ2) is 12.1. The largest absolute Gasteiger partial charge is 0.493 e. The zero-order valence-electron chi connectivity index (χ0n) is 23.6. The minimum Gasteiger partial charge on any atom is -0.493 e. The van der Waals surface area contributed by atoms with E-state index in [-0.39, 0.29) is 17.3 Å². The number of fused-ring (bicyclic) bond motifs is 1. The lowest BCUT2D eigenvalue weighted by molar-refractivity contribution is -0.157. The lowest BCUT2D eigenvalue weighted by Gasteiger charge is -2.34. The Balaban J connectivity index is 1.45. The number of esters is 1. The third-order valence-electron chi connectivity index (χ3n) is 7.49. The van der Waals surface area contributed by atoms with Gasteiger partial charge in [-0.1, -0.05) is 69.7 Å². The summed E-state index contributed by atoms with van der Waals surface area (Å²) in [6.07, 6.45) is 8.20. The van der Waals surface area contributed by atoms with Crippen molar-refractivity contribution < 1.29 is 14.3 Å². The van der Waals surface area contributed by atoms with Gasteiger partial charge in [0.25, 0.3) is 0 Å². The quantitative estimate of drug-likeness (QED) is 0.233. The molecule has 196 valence electrons. The predicted octanol–water partition coefficient (Wildman–Crippen LogP) is 8.67. The lowest BCUT2D eigenvalue weighted by Crippen LogP contribution is -2.35. The van der Waals surface area contributed by atoms with Crippen LogP contribution in [0, 0.1) is 23.7 Å². The molecule has 3 nitrogen and oxygen atoms in total. The van der Waals surface area contributed by atoms with Crippen LogP contribution >= 0.6 is 0 Å². The number of unbranched alkanes of at least 4 members (excludes halogenated alkanes) is 2. The van der Waals surface area contributed by atoms with Crippen LogP contribution in [0.2, 0.25) is 0 Å². The van der Waals surface area contributed by atoms with Gasteiger partial charge in [-0.3, -0.25) is 4.79 Å². The van der Waals surface area contributed by atoms with Gasteiger partial charge in [-0.25, -0.2) is 0 Å². The van der Waals surface area contributed by atoms with E-state index < -0.39 is 5.41 Å². The molecule has 0 saturated carbocycles. The van der Waals surface area contributed by atoms with E-state index in [0.717, 1.165) is 44.3 Å². The maximum absolute atomic E-state index is 12.7. The fourth-order valence-corrected chi connectivity index (χ4v) is 4.95. The van der Waals surface area contributed by atoms with Crippen LogP contribution in [0.1, 0.15) is 95.9 Å². The number of aryl methyl sites for hydroxylation is 2. The number of carbonyl (C=O) groups is 1. The summed E-state index contributed by atoms with van der Waals surface area (Å²) >= 11 is 0. The maximum Gasteiger partial charge on any atom is 0.311 e. The summed E-state index contributed by atoms with van der Waals surface area (Å²) in [6, 6.07) is 15.1. The van der Waals surface area contributed by atoms with Gasteiger partial charge >= 0.3 is 5.97 Å². The predicted molar refractivity (Wildman–Crippen MR) is 151 cm³/mol. The summed E-state index contributed by atoms with van der Waals surface area (Å²) in [7, 11) is 0. The summed E-state index contributed by atoms with van der Waals surface area (Å²) in [6.45, 7) is 16.1. The van der Waals surface area contributed by atoms with Crippen molar-refractivity contribution >= 4 is 17.6 Å². The average molecular weight is 491 g/mol. The van der Waals surface area contributed by atoms with Gasteiger partial charge < -0.3 is 9.47 Å². The second-order valence-corrected chi connectivity index (χ2v) is 12.3. The summed E-state index contributed by atoms with van der Waals surface area (Å²) < 4.78 is 11.9. The fraction of sp³-hybridized carbons (Fsp3) is 0.545. The minimum atomic E-state index is -0.466. The molecule has 0 amide bonds. The van der Waals surface area contributed by atoms with Crippen molar-refractivity contribution in [1.29, 1.82) is 0 Å². The molecule has 1 aliphatic rings. The maximum atomic E-state index is 12.7. The van der Waals surface area contributed by atoms with E-state index in [1.54, 1.807) is 0 Å². The molecule has 0 radical (unpaired) electrons.